The van der Waals surface area contributed by atoms with E-state index in [1.54, 1.807) is 6.20 Å². The number of aliphatic carboxylic acids is 1. The number of carboxylic acids is 1. The molecule has 1 saturated heterocycles. The number of carboxylic acid groups (broad SMARTS) is 1. The monoisotopic (exact) mass is 346 g/mol. The molecule has 0 aliphatic carbocycles. The lowest BCUT2D eigenvalue weighted by Crippen LogP contribution is -2.63. The normalized spacial score (nSPS) is 26.8. The summed E-state index contributed by atoms with van der Waals surface area (Å²) in [5, 5.41) is 19.5. The molecule has 2 aliphatic heterocycles. The zero-order valence-corrected chi connectivity index (χ0v) is 13.9. The van der Waals surface area contributed by atoms with Crippen LogP contribution in [0.25, 0.3) is 0 Å². The number of nitrogens with zero attached hydrogens (tertiary/aromatic N) is 2. The van der Waals surface area contributed by atoms with Gasteiger partial charge in [-0.15, -0.1) is 18.3 Å². The minimum atomic E-state index is -1.12. The Morgan fingerprint density at radius 2 is 2.29 bits per heavy atom. The summed E-state index contributed by atoms with van der Waals surface area (Å²) in [5.41, 5.74) is 0.876. The molecule has 1 aromatic heterocycles. The number of aromatic nitrogens is 1. The lowest BCUT2D eigenvalue weighted by atomic mass is 9.78. The fraction of sp³-hybridized carbons (Fsp3) is 0.353. The van der Waals surface area contributed by atoms with Crippen molar-refractivity contribution in [3.05, 3.63) is 53.3 Å². The predicted octanol–water partition coefficient (Wildman–Crippen LogP) is 1.63. The van der Waals surface area contributed by atoms with Crippen molar-refractivity contribution >= 4 is 23.6 Å². The summed E-state index contributed by atoms with van der Waals surface area (Å²) in [5.74, 6) is -1.72. The fourth-order valence-electron chi connectivity index (χ4n) is 3.35. The molecule has 6 nitrogen and oxygen atoms in total. The first kappa shape index (κ1) is 16.7. The zero-order valence-electron chi connectivity index (χ0n) is 13.1. The highest BCUT2D eigenvalue weighted by molar-refractivity contribution is 8.02. The molecule has 0 spiro atoms. The maximum atomic E-state index is 12.3. The molecule has 0 bridgehead atoms. The molecule has 3 heterocycles. The Morgan fingerprint density at radius 3 is 2.88 bits per heavy atom. The van der Waals surface area contributed by atoms with Crippen LogP contribution in [-0.4, -0.2) is 44.1 Å². The van der Waals surface area contributed by atoms with Crippen LogP contribution in [0.15, 0.2) is 47.7 Å². The van der Waals surface area contributed by atoms with Crippen LogP contribution in [0.2, 0.25) is 0 Å². The number of carbonyl (C=O) groups excluding carboxylic acids is 1. The third-order valence-electron chi connectivity index (χ3n) is 4.50. The lowest BCUT2D eigenvalue weighted by molar-refractivity contribution is -0.161. The Bertz CT molecular complexity index is 719. The van der Waals surface area contributed by atoms with Crippen LogP contribution in [0.3, 0.4) is 0 Å². The third kappa shape index (κ3) is 2.53. The second-order valence-corrected chi connectivity index (χ2v) is 6.88. The topological polar surface area (TPSA) is 90.7 Å². The van der Waals surface area contributed by atoms with Crippen LogP contribution in [0.4, 0.5) is 0 Å². The largest absolute Gasteiger partial charge is 0.477 e. The van der Waals surface area contributed by atoms with Gasteiger partial charge in [-0.1, -0.05) is 19.1 Å². The van der Waals surface area contributed by atoms with Gasteiger partial charge in [-0.2, -0.15) is 0 Å². The van der Waals surface area contributed by atoms with E-state index in [9.17, 15) is 19.8 Å². The van der Waals surface area contributed by atoms with Crippen molar-refractivity contribution in [1.82, 2.24) is 9.88 Å². The first-order chi connectivity index (χ1) is 11.5. The Hall–Kier alpha value is -2.12. The van der Waals surface area contributed by atoms with E-state index in [2.05, 4.69) is 11.6 Å². The highest BCUT2D eigenvalue weighted by Gasteiger charge is 2.60. The van der Waals surface area contributed by atoms with Crippen molar-refractivity contribution < 1.29 is 19.8 Å². The Balaban J connectivity index is 1.86. The zero-order chi connectivity index (χ0) is 17.4. The summed E-state index contributed by atoms with van der Waals surface area (Å²) in [6.45, 7) is 5.41. The molecular formula is C17H18N2O4S. The van der Waals surface area contributed by atoms with Crippen LogP contribution in [0.5, 0.6) is 0 Å². The van der Waals surface area contributed by atoms with Gasteiger partial charge in [0.25, 0.3) is 0 Å². The van der Waals surface area contributed by atoms with Crippen molar-refractivity contribution in [2.24, 2.45) is 11.8 Å². The van der Waals surface area contributed by atoms with Gasteiger partial charge in [0.15, 0.2) is 0 Å². The van der Waals surface area contributed by atoms with Gasteiger partial charge in [0.1, 0.15) is 5.70 Å². The van der Waals surface area contributed by atoms with Crippen LogP contribution < -0.4 is 0 Å². The third-order valence-corrected chi connectivity index (χ3v) is 5.82. The molecule has 7 heteroatoms. The number of amides is 1. The summed E-state index contributed by atoms with van der Waals surface area (Å²) >= 11 is 1.39. The second-order valence-electron chi connectivity index (χ2n) is 5.87. The van der Waals surface area contributed by atoms with E-state index in [0.717, 1.165) is 5.69 Å². The summed E-state index contributed by atoms with van der Waals surface area (Å²) < 4.78 is 0. The van der Waals surface area contributed by atoms with E-state index >= 15 is 0 Å². The van der Waals surface area contributed by atoms with Crippen molar-refractivity contribution in [2.45, 2.75) is 24.8 Å². The maximum Gasteiger partial charge on any atom is 0.353 e. The van der Waals surface area contributed by atoms with Crippen LogP contribution in [-0.2, 0) is 15.3 Å². The fourth-order valence-corrected chi connectivity index (χ4v) is 4.55. The van der Waals surface area contributed by atoms with Gasteiger partial charge in [0.05, 0.1) is 23.8 Å². The number of pyridine rings is 1. The molecule has 24 heavy (non-hydrogen) atoms. The molecule has 1 aromatic rings. The van der Waals surface area contributed by atoms with E-state index in [-0.39, 0.29) is 23.6 Å². The molecule has 1 amide bonds. The van der Waals surface area contributed by atoms with Gasteiger partial charge < -0.3 is 15.1 Å². The predicted molar refractivity (Wildman–Crippen MR) is 89.7 cm³/mol. The van der Waals surface area contributed by atoms with Gasteiger partial charge in [-0.3, -0.25) is 9.78 Å². The molecule has 3 rings (SSSR count). The number of carbonyl (C=O) groups is 2. The van der Waals surface area contributed by atoms with Crippen LogP contribution in [0, 0.1) is 11.8 Å². The van der Waals surface area contributed by atoms with E-state index in [1.165, 1.54) is 22.7 Å². The van der Waals surface area contributed by atoms with Crippen molar-refractivity contribution in [1.29, 1.82) is 0 Å². The highest BCUT2D eigenvalue weighted by atomic mass is 32.2. The van der Waals surface area contributed by atoms with Gasteiger partial charge in [0.2, 0.25) is 5.91 Å². The number of β-lactam (4-membered cyclic amide) rings is 1. The molecule has 0 saturated carbocycles. The summed E-state index contributed by atoms with van der Waals surface area (Å²) in [7, 11) is 0. The molecule has 2 aliphatic rings. The smallest absolute Gasteiger partial charge is 0.353 e. The number of rotatable bonds is 6. The number of thioether (sulfide) groups is 1. The molecule has 1 unspecified atom stereocenters. The molecule has 1 fully saturated rings. The standard InChI is InChI=1S/C17H18N2O4S/c1-3-11(20)12-13-9(2)15(14(17(22)23)19(13)16(12)21)24-8-10-6-4-5-7-18-10/h3-7,9,11-13,20H,1,8H2,2H3,(H,22,23)/t9-,11-,12-,13?/m1/s1. The van der Waals surface area contributed by atoms with Crippen molar-refractivity contribution in [2.75, 3.05) is 0 Å². The van der Waals surface area contributed by atoms with E-state index in [1.807, 2.05) is 25.1 Å². The van der Waals surface area contributed by atoms with E-state index in [0.29, 0.717) is 10.7 Å². The van der Waals surface area contributed by atoms with Gasteiger partial charge in [-0.05, 0) is 12.1 Å². The van der Waals surface area contributed by atoms with Crippen LogP contribution in [0.1, 0.15) is 12.6 Å². The molecule has 126 valence electrons. The Labute approximate surface area is 143 Å². The molecule has 2 N–H and O–H groups in total. The quantitative estimate of drug-likeness (QED) is 0.601. The van der Waals surface area contributed by atoms with Gasteiger partial charge in [0, 0.05) is 22.8 Å². The summed E-state index contributed by atoms with van der Waals surface area (Å²) in [6, 6.07) is 5.24. The average Bonchev–Trinajstić information content (AvgIpc) is 2.83. The van der Waals surface area contributed by atoms with Gasteiger partial charge >= 0.3 is 5.97 Å². The second kappa shape index (κ2) is 6.41. The van der Waals surface area contributed by atoms with Gasteiger partial charge in [-0.25, -0.2) is 4.79 Å². The number of fused-ring (bicyclic) bond motifs is 1. The number of aliphatic hydroxyl groups excluding tert-OH is 1. The highest BCUT2D eigenvalue weighted by Crippen LogP contribution is 2.50. The minimum Gasteiger partial charge on any atom is -0.477 e. The van der Waals surface area contributed by atoms with E-state index in [4.69, 9.17) is 0 Å². The number of hydrogen-bond acceptors (Lipinski definition) is 5. The van der Waals surface area contributed by atoms with Crippen molar-refractivity contribution in [3.63, 3.8) is 0 Å². The Kier molecular flexibility index (Phi) is 4.47. The maximum absolute atomic E-state index is 12.3. The van der Waals surface area contributed by atoms with Crippen molar-refractivity contribution in [3.8, 4) is 0 Å². The molecule has 0 radical (unpaired) electrons. The molecule has 0 aromatic carbocycles. The number of aliphatic hydroxyl groups is 1. The first-order valence-electron chi connectivity index (χ1n) is 7.61. The Morgan fingerprint density at radius 1 is 1.54 bits per heavy atom. The van der Waals surface area contributed by atoms with E-state index < -0.39 is 18.0 Å². The minimum absolute atomic E-state index is 0.0333. The summed E-state index contributed by atoms with van der Waals surface area (Å²) in [6.07, 6.45) is 2.05. The summed E-state index contributed by atoms with van der Waals surface area (Å²) in [4.78, 5) is 30.2. The number of hydrogen-bond donors (Lipinski definition) is 2. The molecule has 4 atom stereocenters. The molecular weight excluding hydrogens is 328 g/mol. The van der Waals surface area contributed by atoms with Crippen LogP contribution >= 0.6 is 11.8 Å². The average molecular weight is 346 g/mol. The SMILES string of the molecule is C=C[C@@H](O)[C@H]1C(=O)N2C(C(=O)O)=C(SCc3ccccn3)[C@H](C)C12. The first-order valence-corrected chi connectivity index (χ1v) is 8.59. The lowest BCUT2D eigenvalue weighted by Gasteiger charge is -2.46.